The molecule has 1 saturated heterocycles. The van der Waals surface area contributed by atoms with Crippen molar-refractivity contribution in [3.63, 3.8) is 0 Å². The predicted molar refractivity (Wildman–Crippen MR) is 112 cm³/mol. The zero-order chi connectivity index (χ0) is 21.1. The summed E-state index contributed by atoms with van der Waals surface area (Å²) in [4.78, 5) is 19.6. The number of rotatable bonds is 5. The molecular weight excluding hydrogens is 406 g/mol. The lowest BCUT2D eigenvalue weighted by molar-refractivity contribution is 0.0691. The van der Waals surface area contributed by atoms with Crippen molar-refractivity contribution >= 4 is 17.5 Å². The molecule has 0 radical (unpaired) electrons. The van der Waals surface area contributed by atoms with Crippen LogP contribution in [0.25, 0.3) is 11.4 Å². The van der Waals surface area contributed by atoms with Gasteiger partial charge in [0, 0.05) is 23.7 Å². The van der Waals surface area contributed by atoms with E-state index in [1.165, 1.54) is 7.11 Å². The highest BCUT2D eigenvalue weighted by molar-refractivity contribution is 6.30. The number of hydrogen-bond acceptors (Lipinski definition) is 6. The SMILES string of the molecule is COc1cccc(C(=O)N2CCC[C@@H](c3nc(-c4ccc(Cl)cc4)no3)C2)c1OC. The minimum atomic E-state index is -0.104. The third-order valence-corrected chi connectivity index (χ3v) is 5.49. The van der Waals surface area contributed by atoms with Crippen molar-refractivity contribution in [2.24, 2.45) is 0 Å². The van der Waals surface area contributed by atoms with Crippen LogP contribution in [-0.2, 0) is 0 Å². The van der Waals surface area contributed by atoms with Gasteiger partial charge in [0.1, 0.15) is 0 Å². The van der Waals surface area contributed by atoms with E-state index < -0.39 is 0 Å². The quantitative estimate of drug-likeness (QED) is 0.599. The first-order chi connectivity index (χ1) is 14.6. The summed E-state index contributed by atoms with van der Waals surface area (Å²) in [6.45, 7) is 1.16. The fourth-order valence-electron chi connectivity index (χ4n) is 3.71. The molecule has 0 aliphatic carbocycles. The van der Waals surface area contributed by atoms with E-state index in [-0.39, 0.29) is 11.8 Å². The number of ether oxygens (including phenoxy) is 2. The fourth-order valence-corrected chi connectivity index (χ4v) is 3.83. The van der Waals surface area contributed by atoms with Crippen molar-refractivity contribution in [1.29, 1.82) is 0 Å². The average Bonchev–Trinajstić information content (AvgIpc) is 3.29. The van der Waals surface area contributed by atoms with Crippen LogP contribution in [0.3, 0.4) is 0 Å². The lowest BCUT2D eigenvalue weighted by Gasteiger charge is -2.31. The van der Waals surface area contributed by atoms with Gasteiger partial charge in [0.05, 0.1) is 25.7 Å². The van der Waals surface area contributed by atoms with E-state index >= 15 is 0 Å². The Hall–Kier alpha value is -3.06. The van der Waals surface area contributed by atoms with Gasteiger partial charge in [-0.1, -0.05) is 22.8 Å². The second-order valence-corrected chi connectivity index (χ2v) is 7.53. The van der Waals surface area contributed by atoms with E-state index in [0.29, 0.717) is 46.9 Å². The van der Waals surface area contributed by atoms with Crippen molar-refractivity contribution in [2.45, 2.75) is 18.8 Å². The van der Waals surface area contributed by atoms with Gasteiger partial charge in [0.25, 0.3) is 5.91 Å². The topological polar surface area (TPSA) is 77.7 Å². The maximum Gasteiger partial charge on any atom is 0.257 e. The number of hydrogen-bond donors (Lipinski definition) is 0. The number of methoxy groups -OCH3 is 2. The van der Waals surface area contributed by atoms with Crippen molar-refractivity contribution in [1.82, 2.24) is 15.0 Å². The molecule has 0 N–H and O–H groups in total. The van der Waals surface area contributed by atoms with E-state index in [1.807, 2.05) is 12.1 Å². The summed E-state index contributed by atoms with van der Waals surface area (Å²) >= 11 is 5.94. The first-order valence-electron chi connectivity index (χ1n) is 9.70. The Kier molecular flexibility index (Phi) is 5.90. The molecule has 1 aliphatic rings. The van der Waals surface area contributed by atoms with Crippen LogP contribution in [0.15, 0.2) is 47.0 Å². The number of piperidine rings is 1. The van der Waals surface area contributed by atoms with Crippen LogP contribution in [0.1, 0.15) is 35.0 Å². The molecule has 1 amide bonds. The third kappa shape index (κ3) is 3.98. The van der Waals surface area contributed by atoms with Crippen LogP contribution < -0.4 is 9.47 Å². The van der Waals surface area contributed by atoms with Crippen LogP contribution in [0.4, 0.5) is 0 Å². The van der Waals surface area contributed by atoms with Crippen molar-refractivity contribution < 1.29 is 18.8 Å². The summed E-state index contributed by atoms with van der Waals surface area (Å²) in [6.07, 6.45) is 1.72. The zero-order valence-electron chi connectivity index (χ0n) is 16.8. The van der Waals surface area contributed by atoms with E-state index in [2.05, 4.69) is 10.1 Å². The van der Waals surface area contributed by atoms with E-state index in [4.69, 9.17) is 25.6 Å². The van der Waals surface area contributed by atoms with Gasteiger partial charge in [-0.05, 0) is 49.2 Å². The Balaban J connectivity index is 1.53. The fraction of sp³-hybridized carbons (Fsp3) is 0.318. The molecule has 4 rings (SSSR count). The smallest absolute Gasteiger partial charge is 0.257 e. The number of benzene rings is 2. The Morgan fingerprint density at radius 3 is 2.70 bits per heavy atom. The summed E-state index contributed by atoms with van der Waals surface area (Å²) in [6, 6.07) is 12.6. The molecule has 0 spiro atoms. The van der Waals surface area contributed by atoms with Gasteiger partial charge < -0.3 is 18.9 Å². The van der Waals surface area contributed by atoms with Gasteiger partial charge in [-0.3, -0.25) is 4.79 Å². The number of carbonyl (C=O) groups excluding carboxylic acids is 1. The highest BCUT2D eigenvalue weighted by Gasteiger charge is 2.31. The number of amides is 1. The summed E-state index contributed by atoms with van der Waals surface area (Å²) in [7, 11) is 3.08. The molecule has 1 fully saturated rings. The normalized spacial score (nSPS) is 16.4. The van der Waals surface area contributed by atoms with E-state index in [0.717, 1.165) is 18.4 Å². The van der Waals surface area contributed by atoms with Crippen LogP contribution in [-0.4, -0.2) is 48.3 Å². The highest BCUT2D eigenvalue weighted by Crippen LogP contribution is 2.34. The summed E-state index contributed by atoms with van der Waals surface area (Å²) in [5.41, 5.74) is 1.31. The Morgan fingerprint density at radius 2 is 1.97 bits per heavy atom. The average molecular weight is 428 g/mol. The number of aromatic nitrogens is 2. The molecular formula is C22H22ClN3O4. The number of likely N-dealkylation sites (tertiary alicyclic amines) is 1. The zero-order valence-corrected chi connectivity index (χ0v) is 17.6. The molecule has 1 aromatic heterocycles. The Bertz CT molecular complexity index is 1040. The van der Waals surface area contributed by atoms with Gasteiger partial charge in [-0.2, -0.15) is 4.98 Å². The largest absolute Gasteiger partial charge is 0.493 e. The first-order valence-corrected chi connectivity index (χ1v) is 10.1. The van der Waals surface area contributed by atoms with Gasteiger partial charge in [-0.25, -0.2) is 0 Å². The molecule has 8 heteroatoms. The summed E-state index contributed by atoms with van der Waals surface area (Å²) < 4.78 is 16.3. The minimum Gasteiger partial charge on any atom is -0.493 e. The maximum absolute atomic E-state index is 13.2. The van der Waals surface area contributed by atoms with E-state index in [9.17, 15) is 4.79 Å². The van der Waals surface area contributed by atoms with Crippen LogP contribution >= 0.6 is 11.6 Å². The van der Waals surface area contributed by atoms with Gasteiger partial charge in [-0.15, -0.1) is 0 Å². The number of para-hydroxylation sites is 1. The van der Waals surface area contributed by atoms with Crippen LogP contribution in [0.5, 0.6) is 11.5 Å². The van der Waals surface area contributed by atoms with Crippen LogP contribution in [0.2, 0.25) is 5.02 Å². The molecule has 7 nitrogen and oxygen atoms in total. The Morgan fingerprint density at radius 1 is 1.17 bits per heavy atom. The number of halogens is 1. The van der Waals surface area contributed by atoms with Crippen molar-refractivity contribution in [3.05, 3.63) is 58.9 Å². The molecule has 0 saturated carbocycles. The molecule has 0 bridgehead atoms. The van der Waals surface area contributed by atoms with Crippen LogP contribution in [0, 0.1) is 0 Å². The molecule has 30 heavy (non-hydrogen) atoms. The lowest BCUT2D eigenvalue weighted by atomic mass is 9.97. The van der Waals surface area contributed by atoms with Gasteiger partial charge in [0.15, 0.2) is 11.5 Å². The summed E-state index contributed by atoms with van der Waals surface area (Å²) in [5, 5.41) is 4.75. The summed E-state index contributed by atoms with van der Waals surface area (Å²) in [5.74, 6) is 1.90. The molecule has 2 heterocycles. The molecule has 1 atom stereocenters. The second kappa shape index (κ2) is 8.75. The van der Waals surface area contributed by atoms with Gasteiger partial charge >= 0.3 is 0 Å². The molecule has 1 aliphatic heterocycles. The molecule has 3 aromatic rings. The van der Waals surface area contributed by atoms with E-state index in [1.54, 1.807) is 42.3 Å². The Labute approximate surface area is 179 Å². The maximum atomic E-state index is 13.2. The molecule has 156 valence electrons. The van der Waals surface area contributed by atoms with Gasteiger partial charge in [0.2, 0.25) is 11.7 Å². The van der Waals surface area contributed by atoms with Crippen molar-refractivity contribution in [3.8, 4) is 22.9 Å². The lowest BCUT2D eigenvalue weighted by Crippen LogP contribution is -2.39. The first kappa shape index (κ1) is 20.2. The monoisotopic (exact) mass is 427 g/mol. The molecule has 0 unspecified atom stereocenters. The number of nitrogens with zero attached hydrogens (tertiary/aromatic N) is 3. The third-order valence-electron chi connectivity index (χ3n) is 5.24. The minimum absolute atomic E-state index is 0.0205. The standard InChI is InChI=1S/C22H22ClN3O4/c1-28-18-7-3-6-17(19(18)29-2)22(27)26-12-4-5-15(13-26)21-24-20(25-30-21)14-8-10-16(23)11-9-14/h3,6-11,15H,4-5,12-13H2,1-2H3/t15-/m1/s1. The predicted octanol–water partition coefficient (Wildman–Crippen LogP) is 4.43. The second-order valence-electron chi connectivity index (χ2n) is 7.09. The highest BCUT2D eigenvalue weighted by atomic mass is 35.5. The number of carbonyl (C=O) groups is 1. The molecule has 2 aromatic carbocycles. The van der Waals surface area contributed by atoms with Crippen molar-refractivity contribution in [2.75, 3.05) is 27.3 Å².